The Bertz CT molecular complexity index is 1620. The number of nitrogens with one attached hydrogen (secondary N) is 3. The Hall–Kier alpha value is -4.27. The van der Waals surface area contributed by atoms with E-state index in [1.54, 1.807) is 84.0 Å². The first-order chi connectivity index (χ1) is 20.8. The fraction of sp³-hybridized carbons (Fsp3) is 0.355. The molecule has 45 heavy (non-hydrogen) atoms. The second-order valence-electron chi connectivity index (χ2n) is 12.0. The van der Waals surface area contributed by atoms with Crippen LogP contribution in [0.3, 0.4) is 0 Å². The van der Waals surface area contributed by atoms with Gasteiger partial charge in [0.2, 0.25) is 10.0 Å². The third kappa shape index (κ3) is 10.7. The van der Waals surface area contributed by atoms with Crippen molar-refractivity contribution < 1.29 is 32.3 Å². The quantitative estimate of drug-likeness (QED) is 0.140. The number of nitrogens with zero attached hydrogens (tertiary/aromatic N) is 1. The first-order valence-corrected chi connectivity index (χ1v) is 16.3. The number of hydrogen-bond donors (Lipinski definition) is 4. The summed E-state index contributed by atoms with van der Waals surface area (Å²) in [6.07, 6.45) is -0.727. The monoisotopic (exact) mass is 657 g/mol. The third-order valence-corrected chi connectivity index (χ3v) is 8.44. The van der Waals surface area contributed by atoms with Crippen molar-refractivity contribution in [3.63, 3.8) is 0 Å². The lowest BCUT2D eigenvalue weighted by Crippen LogP contribution is -2.50. The molecule has 2 aromatic carbocycles. The SMILES string of the molecule is CC(C)(C)OC(=O)C(CNC(=O)c1ccc(-c2ccc(CN(C(=N)N)C(=O)OC(C)(C)C)cc2)s1)NS(=O)(=O)c1ccccc1. The van der Waals surface area contributed by atoms with Gasteiger partial charge in [0.05, 0.1) is 16.3 Å². The number of esters is 1. The summed E-state index contributed by atoms with van der Waals surface area (Å²) in [5.74, 6) is -1.77. The van der Waals surface area contributed by atoms with Crippen molar-refractivity contribution in [1.82, 2.24) is 14.9 Å². The minimum absolute atomic E-state index is 0.0300. The Morgan fingerprint density at radius 3 is 2.07 bits per heavy atom. The molecule has 0 saturated carbocycles. The van der Waals surface area contributed by atoms with Crippen molar-refractivity contribution in [2.24, 2.45) is 5.73 Å². The maximum atomic E-state index is 13.0. The van der Waals surface area contributed by atoms with Crippen molar-refractivity contribution in [2.45, 2.75) is 70.2 Å². The molecule has 0 aliphatic heterocycles. The minimum atomic E-state index is -4.08. The molecule has 5 N–H and O–H groups in total. The van der Waals surface area contributed by atoms with Crippen molar-refractivity contribution in [3.8, 4) is 10.4 Å². The number of guanidine groups is 1. The number of nitrogens with two attached hydrogens (primary N) is 1. The van der Waals surface area contributed by atoms with Gasteiger partial charge in [-0.3, -0.25) is 15.0 Å². The van der Waals surface area contributed by atoms with Crippen LogP contribution in [0.2, 0.25) is 0 Å². The number of hydrogen-bond acceptors (Lipinski definition) is 9. The summed E-state index contributed by atoms with van der Waals surface area (Å²) in [5.41, 5.74) is 5.50. The molecule has 0 bridgehead atoms. The van der Waals surface area contributed by atoms with Crippen LogP contribution in [-0.4, -0.2) is 61.0 Å². The summed E-state index contributed by atoms with van der Waals surface area (Å²) < 4.78 is 38.9. The standard InChI is InChI=1S/C31H39N5O7S2/c1-30(2,3)42-27(38)23(35-45(40,41)22-10-8-7-9-11-22)18-34-26(37)25-17-16-24(44-25)21-14-12-20(13-15-21)19-36(28(32)33)29(39)43-31(4,5)6/h7-17,23,35H,18-19H2,1-6H3,(H3,32,33)(H,34,37). The molecule has 0 fully saturated rings. The smallest absolute Gasteiger partial charge is 0.417 e. The van der Waals surface area contributed by atoms with Crippen LogP contribution in [0, 0.1) is 5.41 Å². The molecule has 1 aromatic heterocycles. The van der Waals surface area contributed by atoms with Gasteiger partial charge in [-0.2, -0.15) is 4.72 Å². The predicted octanol–water partition coefficient (Wildman–Crippen LogP) is 4.46. The summed E-state index contributed by atoms with van der Waals surface area (Å²) in [5, 5.41) is 10.4. The Morgan fingerprint density at radius 2 is 1.51 bits per heavy atom. The van der Waals surface area contributed by atoms with E-state index in [0.717, 1.165) is 15.3 Å². The van der Waals surface area contributed by atoms with Gasteiger partial charge in [0, 0.05) is 11.4 Å². The Morgan fingerprint density at radius 1 is 0.911 bits per heavy atom. The van der Waals surface area contributed by atoms with Gasteiger partial charge in [-0.1, -0.05) is 42.5 Å². The van der Waals surface area contributed by atoms with Gasteiger partial charge < -0.3 is 20.5 Å². The Balaban J connectivity index is 1.70. The van der Waals surface area contributed by atoms with Crippen LogP contribution in [0.5, 0.6) is 0 Å². The normalized spacial score (nSPS) is 12.6. The average Bonchev–Trinajstić information content (AvgIpc) is 3.43. The van der Waals surface area contributed by atoms with Crippen molar-refractivity contribution in [3.05, 3.63) is 77.2 Å². The van der Waals surface area contributed by atoms with E-state index in [9.17, 15) is 22.8 Å². The van der Waals surface area contributed by atoms with Crippen LogP contribution in [0.1, 0.15) is 56.8 Å². The summed E-state index contributed by atoms with van der Waals surface area (Å²) >= 11 is 1.20. The molecule has 3 aromatic rings. The zero-order valence-corrected chi connectivity index (χ0v) is 27.7. The summed E-state index contributed by atoms with van der Waals surface area (Å²) in [4.78, 5) is 40.5. The van der Waals surface area contributed by atoms with Crippen LogP contribution < -0.4 is 15.8 Å². The first kappa shape index (κ1) is 35.2. The van der Waals surface area contributed by atoms with Gasteiger partial charge >= 0.3 is 12.1 Å². The fourth-order valence-corrected chi connectivity index (χ4v) is 5.95. The number of sulfonamides is 1. The number of rotatable bonds is 10. The van der Waals surface area contributed by atoms with E-state index in [2.05, 4.69) is 10.0 Å². The summed E-state index contributed by atoms with van der Waals surface area (Å²) in [6, 6.07) is 16.8. The number of ether oxygens (including phenoxy) is 2. The summed E-state index contributed by atoms with van der Waals surface area (Å²) in [6.45, 7) is 9.84. The van der Waals surface area contributed by atoms with E-state index in [1.807, 2.05) is 12.1 Å². The molecule has 0 radical (unpaired) electrons. The molecule has 1 heterocycles. The molecule has 2 amide bonds. The van der Waals surface area contributed by atoms with Gasteiger partial charge in [-0.05, 0) is 76.9 Å². The maximum Gasteiger partial charge on any atom is 0.417 e. The molecule has 0 spiro atoms. The number of thiophene rings is 1. The zero-order valence-electron chi connectivity index (χ0n) is 26.0. The van der Waals surface area contributed by atoms with Gasteiger partial charge in [-0.15, -0.1) is 11.3 Å². The molecule has 0 aliphatic carbocycles. The van der Waals surface area contributed by atoms with E-state index < -0.39 is 51.2 Å². The molecular weight excluding hydrogens is 619 g/mol. The lowest BCUT2D eigenvalue weighted by Gasteiger charge is -2.26. The van der Waals surface area contributed by atoms with Gasteiger partial charge in [0.15, 0.2) is 5.96 Å². The maximum absolute atomic E-state index is 13.0. The fourth-order valence-electron chi connectivity index (χ4n) is 3.82. The van der Waals surface area contributed by atoms with Crippen molar-refractivity contribution in [2.75, 3.05) is 6.54 Å². The molecule has 1 atom stereocenters. The molecule has 0 saturated heterocycles. The lowest BCUT2D eigenvalue weighted by molar-refractivity contribution is -0.156. The Labute approximate surface area is 267 Å². The van der Waals surface area contributed by atoms with Crippen LogP contribution in [0.4, 0.5) is 4.79 Å². The van der Waals surface area contributed by atoms with Gasteiger partial charge in [0.25, 0.3) is 5.91 Å². The van der Waals surface area contributed by atoms with Crippen molar-refractivity contribution >= 4 is 45.3 Å². The van der Waals surface area contributed by atoms with Crippen LogP contribution in [0.15, 0.2) is 71.6 Å². The molecular formula is C31H39N5O7S2. The highest BCUT2D eigenvalue weighted by atomic mass is 32.2. The van der Waals surface area contributed by atoms with Gasteiger partial charge in [-0.25, -0.2) is 18.1 Å². The molecule has 14 heteroatoms. The van der Waals surface area contributed by atoms with E-state index in [1.165, 1.54) is 23.5 Å². The molecule has 242 valence electrons. The number of carbonyl (C=O) groups is 3. The largest absolute Gasteiger partial charge is 0.459 e. The van der Waals surface area contributed by atoms with Crippen LogP contribution >= 0.6 is 11.3 Å². The molecule has 0 aliphatic rings. The van der Waals surface area contributed by atoms with Crippen molar-refractivity contribution in [1.29, 1.82) is 5.41 Å². The third-order valence-electron chi connectivity index (χ3n) is 5.82. The molecule has 3 rings (SSSR count). The topological polar surface area (TPSA) is 181 Å². The van der Waals surface area contributed by atoms with E-state index in [-0.39, 0.29) is 18.0 Å². The average molecular weight is 658 g/mol. The lowest BCUT2D eigenvalue weighted by atomic mass is 10.1. The molecule has 12 nitrogen and oxygen atoms in total. The van der Waals surface area contributed by atoms with Crippen LogP contribution in [-0.2, 0) is 30.8 Å². The number of benzene rings is 2. The highest BCUT2D eigenvalue weighted by Gasteiger charge is 2.31. The Kier molecular flexibility index (Phi) is 11.1. The first-order valence-electron chi connectivity index (χ1n) is 14.0. The number of amides is 2. The molecule has 1 unspecified atom stereocenters. The van der Waals surface area contributed by atoms with E-state index in [4.69, 9.17) is 20.6 Å². The number of carbonyl (C=O) groups excluding carboxylic acids is 3. The summed E-state index contributed by atoms with van der Waals surface area (Å²) in [7, 11) is -4.08. The minimum Gasteiger partial charge on any atom is -0.459 e. The van der Waals surface area contributed by atoms with E-state index in [0.29, 0.717) is 10.4 Å². The zero-order chi connectivity index (χ0) is 33.6. The van der Waals surface area contributed by atoms with Crippen LogP contribution in [0.25, 0.3) is 10.4 Å². The second-order valence-corrected chi connectivity index (χ2v) is 14.8. The van der Waals surface area contributed by atoms with E-state index >= 15 is 0 Å². The highest BCUT2D eigenvalue weighted by molar-refractivity contribution is 7.89. The van der Waals surface area contributed by atoms with Gasteiger partial charge in [0.1, 0.15) is 17.2 Å². The highest BCUT2D eigenvalue weighted by Crippen LogP contribution is 2.29. The second kappa shape index (κ2) is 14.2. The predicted molar refractivity (Wildman–Crippen MR) is 172 cm³/mol.